The Kier molecular flexibility index (Phi) is 6.14. The number of anilines is 2. The molecule has 0 unspecified atom stereocenters. The molecule has 6 rings (SSSR count). The van der Waals surface area contributed by atoms with E-state index >= 15 is 0 Å². The number of benzene rings is 4. The van der Waals surface area contributed by atoms with E-state index in [1.165, 1.54) is 0 Å². The number of hydrogen-bond donors (Lipinski definition) is 0. The Morgan fingerprint density at radius 1 is 0.684 bits per heavy atom. The monoisotopic (exact) mass is 499 g/mol. The van der Waals surface area contributed by atoms with Gasteiger partial charge in [-0.15, -0.1) is 0 Å². The van der Waals surface area contributed by atoms with Crippen molar-refractivity contribution < 1.29 is 4.74 Å². The fourth-order valence-electron chi connectivity index (χ4n) is 4.76. The second-order valence-corrected chi connectivity index (χ2v) is 9.37. The molecular formula is C32H29N5O. The number of imidazole rings is 1. The Morgan fingerprint density at radius 2 is 1.32 bits per heavy atom. The van der Waals surface area contributed by atoms with Crippen LogP contribution in [0.1, 0.15) is 12.6 Å². The summed E-state index contributed by atoms with van der Waals surface area (Å²) >= 11 is 0. The third kappa shape index (κ3) is 4.52. The first-order valence-corrected chi connectivity index (χ1v) is 12.7. The molecule has 0 saturated heterocycles. The predicted octanol–water partition coefficient (Wildman–Crippen LogP) is 7.47. The lowest BCUT2D eigenvalue weighted by Crippen LogP contribution is -2.29. The largest absolute Gasteiger partial charge is 0.457 e. The maximum atomic E-state index is 6.31. The maximum absolute atomic E-state index is 6.31. The summed E-state index contributed by atoms with van der Waals surface area (Å²) in [4.78, 5) is 7.17. The van der Waals surface area contributed by atoms with Gasteiger partial charge in [0.2, 0.25) is 0 Å². The Labute approximate surface area is 223 Å². The molecule has 0 spiro atoms. The number of hydrogen-bond acceptors (Lipinski definition) is 5. The number of para-hydroxylation sites is 1. The van der Waals surface area contributed by atoms with Crippen LogP contribution in [0.3, 0.4) is 0 Å². The maximum Gasteiger partial charge on any atom is 0.140 e. The Balaban J connectivity index is 1.23. The zero-order valence-electron chi connectivity index (χ0n) is 21.7. The van der Waals surface area contributed by atoms with Crippen molar-refractivity contribution in [1.82, 2.24) is 9.55 Å². The van der Waals surface area contributed by atoms with Crippen molar-refractivity contribution in [2.45, 2.75) is 13.8 Å². The molecule has 0 saturated carbocycles. The van der Waals surface area contributed by atoms with Gasteiger partial charge in [-0.05, 0) is 50.2 Å². The van der Waals surface area contributed by atoms with E-state index in [1.54, 1.807) is 0 Å². The van der Waals surface area contributed by atoms with Crippen LogP contribution in [0, 0.1) is 6.92 Å². The second-order valence-electron chi connectivity index (χ2n) is 9.37. The highest BCUT2D eigenvalue weighted by molar-refractivity contribution is 5.98. The molecule has 0 bridgehead atoms. The van der Waals surface area contributed by atoms with Gasteiger partial charge in [-0.25, -0.2) is 9.99 Å². The fourth-order valence-corrected chi connectivity index (χ4v) is 4.76. The van der Waals surface area contributed by atoms with Gasteiger partial charge in [-0.1, -0.05) is 66.7 Å². The summed E-state index contributed by atoms with van der Waals surface area (Å²) in [6, 6.07) is 36.7. The molecule has 38 heavy (non-hydrogen) atoms. The number of hydrazone groups is 1. The zero-order chi connectivity index (χ0) is 26.1. The molecule has 5 aromatic rings. The minimum Gasteiger partial charge on any atom is -0.457 e. The molecule has 1 aliphatic rings. The summed E-state index contributed by atoms with van der Waals surface area (Å²) in [6.07, 6.45) is 0. The molecule has 0 amide bonds. The van der Waals surface area contributed by atoms with Crippen LogP contribution in [0.4, 0.5) is 11.4 Å². The summed E-state index contributed by atoms with van der Waals surface area (Å²) in [5.74, 6) is 3.37. The van der Waals surface area contributed by atoms with Crippen molar-refractivity contribution in [2.75, 3.05) is 16.6 Å². The molecule has 0 atom stereocenters. The molecule has 0 N–H and O–H groups in total. The molecular weight excluding hydrogens is 470 g/mol. The van der Waals surface area contributed by atoms with Crippen molar-refractivity contribution in [3.8, 4) is 34.1 Å². The van der Waals surface area contributed by atoms with Crippen LogP contribution < -0.4 is 14.6 Å². The van der Waals surface area contributed by atoms with Gasteiger partial charge in [0.15, 0.2) is 0 Å². The first-order chi connectivity index (χ1) is 18.6. The molecule has 0 fully saturated rings. The summed E-state index contributed by atoms with van der Waals surface area (Å²) in [7, 11) is 2.05. The van der Waals surface area contributed by atoms with E-state index in [0.717, 1.165) is 57.0 Å². The number of rotatable bonds is 6. The number of aromatic nitrogens is 2. The zero-order valence-corrected chi connectivity index (χ0v) is 21.7. The summed E-state index contributed by atoms with van der Waals surface area (Å²) in [6.45, 7) is 4.78. The van der Waals surface area contributed by atoms with Crippen LogP contribution >= 0.6 is 0 Å². The fraction of sp³-hybridized carbons (Fsp3) is 0.125. The van der Waals surface area contributed by atoms with Gasteiger partial charge >= 0.3 is 0 Å². The highest BCUT2D eigenvalue weighted by atomic mass is 16.5. The van der Waals surface area contributed by atoms with Crippen molar-refractivity contribution in [3.05, 3.63) is 115 Å². The van der Waals surface area contributed by atoms with E-state index in [2.05, 4.69) is 59.8 Å². The van der Waals surface area contributed by atoms with Crippen molar-refractivity contribution in [3.63, 3.8) is 0 Å². The molecule has 0 radical (unpaired) electrons. The van der Waals surface area contributed by atoms with Gasteiger partial charge in [0, 0.05) is 35.6 Å². The van der Waals surface area contributed by atoms with E-state index in [0.29, 0.717) is 6.67 Å². The molecule has 1 aliphatic heterocycles. The van der Waals surface area contributed by atoms with E-state index < -0.39 is 0 Å². The molecule has 1 aromatic heterocycles. The van der Waals surface area contributed by atoms with E-state index in [1.807, 2.05) is 84.7 Å². The first-order valence-electron chi connectivity index (χ1n) is 12.7. The van der Waals surface area contributed by atoms with Gasteiger partial charge in [0.05, 0.1) is 11.4 Å². The topological polar surface area (TPSA) is 45.9 Å². The third-order valence-corrected chi connectivity index (χ3v) is 6.87. The minimum absolute atomic E-state index is 0.650. The minimum atomic E-state index is 0.650. The van der Waals surface area contributed by atoms with Crippen LogP contribution in [-0.4, -0.2) is 22.1 Å². The summed E-state index contributed by atoms with van der Waals surface area (Å²) < 4.78 is 8.45. The average Bonchev–Trinajstić information content (AvgIpc) is 3.49. The predicted molar refractivity (Wildman–Crippen MR) is 155 cm³/mol. The van der Waals surface area contributed by atoms with E-state index in [4.69, 9.17) is 14.8 Å². The number of amidine groups is 1. The van der Waals surface area contributed by atoms with Crippen LogP contribution in [0.5, 0.6) is 11.5 Å². The molecule has 0 aliphatic carbocycles. The number of ether oxygens (including phenoxy) is 1. The van der Waals surface area contributed by atoms with E-state index in [-0.39, 0.29) is 0 Å². The molecule has 6 nitrogen and oxygen atoms in total. The first kappa shape index (κ1) is 23.6. The molecule has 2 heterocycles. The highest BCUT2D eigenvalue weighted by Gasteiger charge is 2.22. The molecule has 4 aromatic carbocycles. The van der Waals surface area contributed by atoms with Crippen molar-refractivity contribution >= 4 is 17.2 Å². The van der Waals surface area contributed by atoms with Gasteiger partial charge in [-0.3, -0.25) is 0 Å². The summed E-state index contributed by atoms with van der Waals surface area (Å²) in [5.41, 5.74) is 6.33. The molecule has 188 valence electrons. The van der Waals surface area contributed by atoms with Crippen LogP contribution in [0.2, 0.25) is 0 Å². The lowest BCUT2D eigenvalue weighted by Gasteiger charge is -2.20. The quantitative estimate of drug-likeness (QED) is 0.243. The standard InChI is InChI=1S/C32H29N5O/c1-23-31(25-12-6-4-7-13-25)33-32(35(23)3)26-14-10-18-29(20-26)38-30-19-11-17-28(21-30)37-22-36(24(2)34-37)27-15-8-5-9-16-27/h4-21H,22H2,1-3H3. The smallest absolute Gasteiger partial charge is 0.140 e. The Morgan fingerprint density at radius 3 is 2.08 bits per heavy atom. The third-order valence-electron chi connectivity index (χ3n) is 6.87. The van der Waals surface area contributed by atoms with Crippen molar-refractivity contribution in [2.24, 2.45) is 12.1 Å². The molecule has 6 heteroatoms. The van der Waals surface area contributed by atoms with Crippen LogP contribution in [0.15, 0.2) is 114 Å². The SMILES string of the molecule is CC1=NN(c2cccc(Oc3cccc(-c4nc(-c5ccccc5)c(C)n4C)c3)c2)CN1c1ccccc1. The van der Waals surface area contributed by atoms with Gasteiger partial charge in [0.25, 0.3) is 0 Å². The normalized spacial score (nSPS) is 13.1. The lowest BCUT2D eigenvalue weighted by molar-refractivity contribution is 0.483. The van der Waals surface area contributed by atoms with Crippen LogP contribution in [-0.2, 0) is 7.05 Å². The Bertz CT molecular complexity index is 1610. The van der Waals surface area contributed by atoms with Gasteiger partial charge in [-0.2, -0.15) is 5.10 Å². The average molecular weight is 500 g/mol. The van der Waals surface area contributed by atoms with Crippen LogP contribution in [0.25, 0.3) is 22.6 Å². The highest BCUT2D eigenvalue weighted by Crippen LogP contribution is 2.33. The van der Waals surface area contributed by atoms with Gasteiger partial charge < -0.3 is 14.2 Å². The second kappa shape index (κ2) is 9.90. The van der Waals surface area contributed by atoms with Gasteiger partial charge in [0.1, 0.15) is 29.8 Å². The number of nitrogens with zero attached hydrogens (tertiary/aromatic N) is 5. The van der Waals surface area contributed by atoms with Crippen molar-refractivity contribution in [1.29, 1.82) is 0 Å². The summed E-state index contributed by atoms with van der Waals surface area (Å²) in [5, 5.41) is 6.77. The Hall–Kier alpha value is -4.84. The lowest BCUT2D eigenvalue weighted by atomic mass is 10.1. The van der Waals surface area contributed by atoms with E-state index in [9.17, 15) is 0 Å².